The lowest BCUT2D eigenvalue weighted by Gasteiger charge is -2.10. The van der Waals surface area contributed by atoms with Gasteiger partial charge in [-0.25, -0.2) is 4.98 Å². The van der Waals surface area contributed by atoms with Gasteiger partial charge in [0.05, 0.1) is 30.0 Å². The molecule has 22 heavy (non-hydrogen) atoms. The van der Waals surface area contributed by atoms with Crippen molar-refractivity contribution < 1.29 is 14.3 Å². The maximum absolute atomic E-state index is 12.4. The maximum atomic E-state index is 12.4. The van der Waals surface area contributed by atoms with Crippen molar-refractivity contribution in [1.29, 1.82) is 0 Å². The van der Waals surface area contributed by atoms with E-state index in [2.05, 4.69) is 15.4 Å². The molecule has 0 aliphatic rings. The van der Waals surface area contributed by atoms with E-state index in [9.17, 15) is 9.90 Å². The van der Waals surface area contributed by atoms with Crippen LogP contribution in [0.3, 0.4) is 0 Å². The number of amides is 1. The molecule has 114 valence electrons. The van der Waals surface area contributed by atoms with Crippen LogP contribution in [0, 0.1) is 6.92 Å². The Bertz CT molecular complexity index is 808. The minimum atomic E-state index is -0.883. The summed E-state index contributed by atoms with van der Waals surface area (Å²) in [6, 6.07) is 5.05. The lowest BCUT2D eigenvalue weighted by Crippen LogP contribution is -2.28. The zero-order valence-corrected chi connectivity index (χ0v) is 12.3. The van der Waals surface area contributed by atoms with Crippen molar-refractivity contribution in [2.45, 2.75) is 13.0 Å². The first kappa shape index (κ1) is 14.3. The molecule has 3 aromatic heterocycles. The first-order valence-electron chi connectivity index (χ1n) is 6.85. The van der Waals surface area contributed by atoms with E-state index >= 15 is 0 Å². The largest absolute Gasteiger partial charge is 0.467 e. The van der Waals surface area contributed by atoms with E-state index in [1.807, 2.05) is 6.92 Å². The van der Waals surface area contributed by atoms with Crippen molar-refractivity contribution in [3.8, 4) is 0 Å². The number of carbonyl (C=O) groups excluding carboxylic acids is 1. The Morgan fingerprint density at radius 2 is 2.36 bits per heavy atom. The number of nitrogens with one attached hydrogen (secondary N) is 1. The second-order valence-electron chi connectivity index (χ2n) is 5.06. The van der Waals surface area contributed by atoms with Crippen molar-refractivity contribution in [3.05, 3.63) is 47.7 Å². The molecule has 0 saturated carbocycles. The minimum absolute atomic E-state index is 0.0650. The first-order chi connectivity index (χ1) is 10.6. The number of aryl methyl sites for hydroxylation is 2. The molecule has 0 saturated heterocycles. The number of aliphatic hydroxyl groups is 1. The molecule has 0 aliphatic heterocycles. The molecule has 0 bridgehead atoms. The fourth-order valence-electron chi connectivity index (χ4n) is 2.29. The topological polar surface area (TPSA) is 93.2 Å². The molecule has 0 fully saturated rings. The van der Waals surface area contributed by atoms with Crippen molar-refractivity contribution >= 4 is 16.9 Å². The summed E-state index contributed by atoms with van der Waals surface area (Å²) in [7, 11) is 1.77. The van der Waals surface area contributed by atoms with Gasteiger partial charge in [0.25, 0.3) is 5.91 Å². The van der Waals surface area contributed by atoms with Crippen LogP contribution in [0.4, 0.5) is 0 Å². The number of hydrogen-bond acceptors (Lipinski definition) is 5. The van der Waals surface area contributed by atoms with Gasteiger partial charge in [-0.3, -0.25) is 9.48 Å². The van der Waals surface area contributed by atoms with Gasteiger partial charge in [0.1, 0.15) is 11.9 Å². The van der Waals surface area contributed by atoms with Crippen LogP contribution in [0.2, 0.25) is 0 Å². The maximum Gasteiger partial charge on any atom is 0.252 e. The fourth-order valence-corrected chi connectivity index (χ4v) is 2.29. The molecule has 0 aliphatic carbocycles. The highest BCUT2D eigenvalue weighted by molar-refractivity contribution is 6.05. The summed E-state index contributed by atoms with van der Waals surface area (Å²) >= 11 is 0. The van der Waals surface area contributed by atoms with Crippen LogP contribution in [0.1, 0.15) is 27.9 Å². The summed E-state index contributed by atoms with van der Waals surface area (Å²) < 4.78 is 6.72. The van der Waals surface area contributed by atoms with Gasteiger partial charge in [0.15, 0.2) is 5.65 Å². The normalized spacial score (nSPS) is 12.5. The van der Waals surface area contributed by atoms with Gasteiger partial charge >= 0.3 is 0 Å². The Hall–Kier alpha value is -2.67. The minimum Gasteiger partial charge on any atom is -0.467 e. The lowest BCUT2D eigenvalue weighted by molar-refractivity contribution is 0.0902. The molecule has 3 aromatic rings. The number of hydrogen-bond donors (Lipinski definition) is 2. The zero-order chi connectivity index (χ0) is 15.7. The average molecular weight is 300 g/mol. The van der Waals surface area contributed by atoms with Gasteiger partial charge in [0, 0.05) is 12.7 Å². The second-order valence-corrected chi connectivity index (χ2v) is 5.06. The van der Waals surface area contributed by atoms with Crippen molar-refractivity contribution in [3.63, 3.8) is 0 Å². The van der Waals surface area contributed by atoms with Crippen molar-refractivity contribution in [1.82, 2.24) is 20.1 Å². The molecule has 0 aromatic carbocycles. The van der Waals surface area contributed by atoms with E-state index < -0.39 is 6.10 Å². The summed E-state index contributed by atoms with van der Waals surface area (Å²) in [6.07, 6.45) is 2.21. The molecule has 1 unspecified atom stereocenters. The molecule has 2 N–H and O–H groups in total. The Kier molecular flexibility index (Phi) is 3.64. The summed E-state index contributed by atoms with van der Waals surface area (Å²) in [4.78, 5) is 16.7. The Balaban J connectivity index is 1.80. The smallest absolute Gasteiger partial charge is 0.252 e. The van der Waals surface area contributed by atoms with Crippen LogP contribution >= 0.6 is 0 Å². The van der Waals surface area contributed by atoms with Gasteiger partial charge < -0.3 is 14.8 Å². The average Bonchev–Trinajstić information content (AvgIpc) is 3.14. The van der Waals surface area contributed by atoms with Crippen molar-refractivity contribution in [2.75, 3.05) is 6.54 Å². The highest BCUT2D eigenvalue weighted by Crippen LogP contribution is 2.18. The van der Waals surface area contributed by atoms with Crippen LogP contribution in [0.25, 0.3) is 11.0 Å². The summed E-state index contributed by atoms with van der Waals surface area (Å²) in [5, 5.41) is 17.4. The Morgan fingerprint density at radius 3 is 3.09 bits per heavy atom. The second kappa shape index (κ2) is 5.61. The van der Waals surface area contributed by atoms with Crippen LogP contribution in [-0.4, -0.2) is 32.3 Å². The number of nitrogens with zero attached hydrogens (tertiary/aromatic N) is 3. The summed E-state index contributed by atoms with van der Waals surface area (Å²) in [5.74, 6) is 0.131. The third kappa shape index (κ3) is 2.58. The molecule has 0 radical (unpaired) electrons. The molecule has 0 spiro atoms. The zero-order valence-electron chi connectivity index (χ0n) is 12.3. The van der Waals surface area contributed by atoms with E-state index in [0.29, 0.717) is 22.4 Å². The highest BCUT2D eigenvalue weighted by atomic mass is 16.4. The van der Waals surface area contributed by atoms with E-state index in [1.54, 1.807) is 36.1 Å². The van der Waals surface area contributed by atoms with E-state index in [4.69, 9.17) is 4.42 Å². The van der Waals surface area contributed by atoms with Gasteiger partial charge in [0.2, 0.25) is 0 Å². The van der Waals surface area contributed by atoms with Crippen LogP contribution in [-0.2, 0) is 7.05 Å². The number of aromatic nitrogens is 3. The molecular formula is C15H16N4O3. The number of rotatable bonds is 4. The summed E-state index contributed by atoms with van der Waals surface area (Å²) in [6.45, 7) is 1.89. The molecule has 1 amide bonds. The number of aliphatic hydroxyl groups excluding tert-OH is 1. The number of pyridine rings is 1. The fraction of sp³-hybridized carbons (Fsp3) is 0.267. The third-order valence-corrected chi connectivity index (χ3v) is 3.41. The monoisotopic (exact) mass is 300 g/mol. The van der Waals surface area contributed by atoms with Gasteiger partial charge in [-0.1, -0.05) is 0 Å². The molecule has 3 heterocycles. The van der Waals surface area contributed by atoms with E-state index in [0.717, 1.165) is 5.69 Å². The first-order valence-corrected chi connectivity index (χ1v) is 6.85. The summed E-state index contributed by atoms with van der Waals surface area (Å²) in [5.41, 5.74) is 1.87. The molecule has 1 atom stereocenters. The predicted octanol–water partition coefficient (Wildman–Crippen LogP) is 1.33. The van der Waals surface area contributed by atoms with Crippen LogP contribution < -0.4 is 5.32 Å². The number of furan rings is 1. The molecular weight excluding hydrogens is 284 g/mol. The molecule has 7 nitrogen and oxygen atoms in total. The standard InChI is InChI=1S/C15H16N4O3/c1-9-6-10(11-7-17-19(2)14(11)18-9)15(21)16-8-12(20)13-4-3-5-22-13/h3-7,12,20H,8H2,1-2H3,(H,16,21). The Morgan fingerprint density at radius 1 is 1.55 bits per heavy atom. The van der Waals surface area contributed by atoms with E-state index in [-0.39, 0.29) is 12.5 Å². The van der Waals surface area contributed by atoms with Crippen molar-refractivity contribution in [2.24, 2.45) is 7.05 Å². The van der Waals surface area contributed by atoms with E-state index in [1.165, 1.54) is 6.26 Å². The SMILES string of the molecule is Cc1cc(C(=O)NCC(O)c2ccco2)c2cnn(C)c2n1. The predicted molar refractivity (Wildman–Crippen MR) is 79.2 cm³/mol. The van der Waals surface area contributed by atoms with Crippen LogP contribution in [0.15, 0.2) is 35.1 Å². The Labute approximate surface area is 126 Å². The molecule has 7 heteroatoms. The van der Waals surface area contributed by atoms with Crippen LogP contribution in [0.5, 0.6) is 0 Å². The molecule has 3 rings (SSSR count). The highest BCUT2D eigenvalue weighted by Gasteiger charge is 2.17. The number of carbonyl (C=O) groups is 1. The van der Waals surface area contributed by atoms with Gasteiger partial charge in [-0.2, -0.15) is 5.10 Å². The van der Waals surface area contributed by atoms with Gasteiger partial charge in [-0.05, 0) is 25.1 Å². The number of fused-ring (bicyclic) bond motifs is 1. The third-order valence-electron chi connectivity index (χ3n) is 3.41. The van der Waals surface area contributed by atoms with Gasteiger partial charge in [-0.15, -0.1) is 0 Å². The quantitative estimate of drug-likeness (QED) is 0.758. The lowest BCUT2D eigenvalue weighted by atomic mass is 10.1.